The molecule has 3 aromatic rings. The van der Waals surface area contributed by atoms with Crippen LogP contribution < -0.4 is 9.64 Å². The molecule has 0 bridgehead atoms. The Kier molecular flexibility index (Phi) is 5.54. The summed E-state index contributed by atoms with van der Waals surface area (Å²) in [4.78, 5) is 21.2. The summed E-state index contributed by atoms with van der Waals surface area (Å²) >= 11 is 4.90. The third-order valence-corrected chi connectivity index (χ3v) is 6.37. The second kappa shape index (κ2) is 8.06. The van der Waals surface area contributed by atoms with Crippen LogP contribution in [0.2, 0.25) is 0 Å². The van der Waals surface area contributed by atoms with E-state index in [4.69, 9.17) is 4.74 Å². The molecule has 0 saturated carbocycles. The van der Waals surface area contributed by atoms with E-state index in [1.165, 1.54) is 16.9 Å². The highest BCUT2D eigenvalue weighted by Crippen LogP contribution is 2.31. The van der Waals surface area contributed by atoms with Gasteiger partial charge in [-0.05, 0) is 65.7 Å². The molecule has 0 aliphatic carbocycles. The summed E-state index contributed by atoms with van der Waals surface area (Å²) in [7, 11) is 0. The summed E-state index contributed by atoms with van der Waals surface area (Å²) in [5.74, 6) is 1.34. The third-order valence-electron chi connectivity index (χ3n) is 5.07. The average molecular weight is 448 g/mol. The lowest BCUT2D eigenvalue weighted by atomic mass is 9.92. The molecule has 3 aromatic heterocycles. The molecule has 1 atom stereocenters. The van der Waals surface area contributed by atoms with Gasteiger partial charge in [-0.3, -0.25) is 0 Å². The topological polar surface area (TPSA) is 64.0 Å². The number of nitrogens with zero attached hydrogens (tertiary/aromatic N) is 5. The Balaban J connectivity index is 1.35. The van der Waals surface area contributed by atoms with E-state index in [1.54, 1.807) is 0 Å². The fourth-order valence-corrected chi connectivity index (χ4v) is 4.64. The molecule has 0 aromatic carbocycles. The van der Waals surface area contributed by atoms with Crippen molar-refractivity contribution < 1.29 is 4.74 Å². The van der Waals surface area contributed by atoms with E-state index in [0.29, 0.717) is 11.1 Å². The van der Waals surface area contributed by atoms with Crippen LogP contribution in [0.5, 0.6) is 5.19 Å². The van der Waals surface area contributed by atoms with Crippen molar-refractivity contribution >= 4 is 43.6 Å². The Morgan fingerprint density at radius 3 is 2.67 bits per heavy atom. The molecular weight excluding hydrogens is 426 g/mol. The second-order valence-corrected chi connectivity index (χ2v) is 8.58. The van der Waals surface area contributed by atoms with Crippen LogP contribution in [0.1, 0.15) is 32.3 Å². The fraction of sp³-hybridized carbons (Fsp3) is 0.474. The molecule has 0 radical (unpaired) electrons. The highest BCUT2D eigenvalue weighted by molar-refractivity contribution is 9.10. The maximum atomic E-state index is 6.15. The summed E-state index contributed by atoms with van der Waals surface area (Å²) < 4.78 is 6.97. The molecule has 0 N–H and O–H groups in total. The Morgan fingerprint density at radius 2 is 1.96 bits per heavy atom. The number of thiazole rings is 1. The number of hydrogen-bond donors (Lipinski definition) is 0. The van der Waals surface area contributed by atoms with Crippen molar-refractivity contribution in [2.24, 2.45) is 5.92 Å². The summed E-state index contributed by atoms with van der Waals surface area (Å²) in [6.45, 7) is 6.17. The van der Waals surface area contributed by atoms with Gasteiger partial charge in [0.1, 0.15) is 21.1 Å². The molecule has 142 valence electrons. The molecule has 0 unspecified atom stereocenters. The molecule has 4 heterocycles. The minimum atomic E-state index is 0.125. The first-order chi connectivity index (χ1) is 13.1. The zero-order valence-corrected chi connectivity index (χ0v) is 17.8. The lowest BCUT2D eigenvalue weighted by Gasteiger charge is -2.34. The summed E-state index contributed by atoms with van der Waals surface area (Å²) in [5, 5.41) is 0.698. The number of aryl methyl sites for hydroxylation is 1. The zero-order chi connectivity index (χ0) is 18.8. The number of anilines is 1. The van der Waals surface area contributed by atoms with Crippen molar-refractivity contribution in [3.05, 3.63) is 34.7 Å². The summed E-state index contributed by atoms with van der Waals surface area (Å²) in [6.07, 6.45) is 7.08. The van der Waals surface area contributed by atoms with E-state index in [0.717, 1.165) is 53.3 Å². The van der Waals surface area contributed by atoms with E-state index in [2.05, 4.69) is 54.6 Å². The first-order valence-corrected chi connectivity index (χ1v) is 10.9. The monoisotopic (exact) mass is 447 g/mol. The van der Waals surface area contributed by atoms with Crippen molar-refractivity contribution in [1.82, 2.24) is 19.9 Å². The van der Waals surface area contributed by atoms with Gasteiger partial charge < -0.3 is 9.64 Å². The van der Waals surface area contributed by atoms with Crippen molar-refractivity contribution in [3.8, 4) is 5.19 Å². The molecule has 1 aliphatic rings. The average Bonchev–Trinajstić information content (AvgIpc) is 3.09. The van der Waals surface area contributed by atoms with Crippen LogP contribution in [0.15, 0.2) is 29.1 Å². The van der Waals surface area contributed by atoms with Crippen molar-refractivity contribution in [2.45, 2.75) is 39.2 Å². The highest BCUT2D eigenvalue weighted by atomic mass is 79.9. The number of halogens is 1. The maximum Gasteiger partial charge on any atom is 0.276 e. The van der Waals surface area contributed by atoms with E-state index in [9.17, 15) is 0 Å². The van der Waals surface area contributed by atoms with Crippen LogP contribution in [0.25, 0.3) is 10.3 Å². The number of pyridine rings is 1. The third kappa shape index (κ3) is 4.21. The predicted molar refractivity (Wildman–Crippen MR) is 112 cm³/mol. The van der Waals surface area contributed by atoms with Crippen molar-refractivity contribution in [2.75, 3.05) is 18.0 Å². The lowest BCUT2D eigenvalue weighted by molar-refractivity contribution is 0.132. The van der Waals surface area contributed by atoms with Crippen molar-refractivity contribution in [3.63, 3.8) is 0 Å². The van der Waals surface area contributed by atoms with Gasteiger partial charge >= 0.3 is 0 Å². The van der Waals surface area contributed by atoms with Gasteiger partial charge in [0.05, 0.1) is 0 Å². The molecule has 27 heavy (non-hydrogen) atoms. The molecule has 4 rings (SSSR count). The maximum absolute atomic E-state index is 6.15. The van der Waals surface area contributed by atoms with Crippen molar-refractivity contribution in [1.29, 1.82) is 0 Å². The van der Waals surface area contributed by atoms with Gasteiger partial charge in [0, 0.05) is 25.5 Å². The van der Waals surface area contributed by atoms with Crippen LogP contribution >= 0.6 is 27.3 Å². The van der Waals surface area contributed by atoms with Crippen LogP contribution in [0.3, 0.4) is 0 Å². The normalized spacial score (nSPS) is 16.6. The largest absolute Gasteiger partial charge is 0.467 e. The molecule has 1 fully saturated rings. The second-order valence-electron chi connectivity index (χ2n) is 6.83. The van der Waals surface area contributed by atoms with Gasteiger partial charge in [-0.2, -0.15) is 0 Å². The van der Waals surface area contributed by atoms with Gasteiger partial charge in [-0.25, -0.2) is 19.9 Å². The molecule has 0 amide bonds. The molecular formula is C19H22BrN5OS. The van der Waals surface area contributed by atoms with Crippen LogP contribution in [0, 0.1) is 5.92 Å². The number of aromatic nitrogens is 4. The van der Waals surface area contributed by atoms with Crippen LogP contribution in [-0.4, -0.2) is 39.1 Å². The molecule has 1 aliphatic heterocycles. The minimum absolute atomic E-state index is 0.125. The number of piperidine rings is 1. The number of rotatable bonds is 5. The minimum Gasteiger partial charge on any atom is -0.467 e. The number of fused-ring (bicyclic) bond motifs is 1. The van der Waals surface area contributed by atoms with Gasteiger partial charge in [0.25, 0.3) is 5.19 Å². The highest BCUT2D eigenvalue weighted by Gasteiger charge is 2.27. The molecule has 8 heteroatoms. The van der Waals surface area contributed by atoms with E-state index >= 15 is 0 Å². The quantitative estimate of drug-likeness (QED) is 0.536. The number of hydrogen-bond acceptors (Lipinski definition) is 7. The predicted octanol–water partition coefficient (Wildman–Crippen LogP) is 4.49. The number of ether oxygens (including phenoxy) is 1. The van der Waals surface area contributed by atoms with E-state index in [-0.39, 0.29) is 6.10 Å². The summed E-state index contributed by atoms with van der Waals surface area (Å²) in [5.41, 5.74) is 2.06. The Morgan fingerprint density at radius 1 is 1.22 bits per heavy atom. The van der Waals surface area contributed by atoms with E-state index < -0.39 is 0 Å². The fourth-order valence-electron chi connectivity index (χ4n) is 3.34. The smallest absolute Gasteiger partial charge is 0.276 e. The zero-order valence-electron chi connectivity index (χ0n) is 15.4. The molecule has 0 spiro atoms. The first-order valence-electron chi connectivity index (χ1n) is 9.28. The summed E-state index contributed by atoms with van der Waals surface area (Å²) in [6, 6.07) is 3.86. The SMILES string of the molecule is CCc1cnc(N2CCC([C@H](C)Oc3nc4ccc(Br)nc4s3)CC2)nc1. The standard InChI is InChI=1S/C19H22BrN5OS/c1-3-13-10-21-18(22-11-13)25-8-6-14(7-9-25)12(2)26-19-23-15-4-5-16(20)24-17(15)27-19/h4-5,10-12,14H,3,6-9H2,1-2H3/t12-/m0/s1. The van der Waals surface area contributed by atoms with Gasteiger partial charge in [0.2, 0.25) is 5.95 Å². The molecule has 1 saturated heterocycles. The van der Waals surface area contributed by atoms with E-state index in [1.807, 2.05) is 24.5 Å². The lowest BCUT2D eigenvalue weighted by Crippen LogP contribution is -2.39. The van der Waals surface area contributed by atoms with Crippen LogP contribution in [-0.2, 0) is 6.42 Å². The van der Waals surface area contributed by atoms with Crippen LogP contribution in [0.4, 0.5) is 5.95 Å². The first kappa shape index (κ1) is 18.6. The molecule has 6 nitrogen and oxygen atoms in total. The Labute approximate surface area is 171 Å². The Bertz CT molecular complexity index is 908. The van der Waals surface area contributed by atoms with Gasteiger partial charge in [-0.15, -0.1) is 0 Å². The van der Waals surface area contributed by atoms with Gasteiger partial charge in [0.15, 0.2) is 0 Å². The Hall–Kier alpha value is -1.80. The van der Waals surface area contributed by atoms with Gasteiger partial charge in [-0.1, -0.05) is 18.3 Å².